The van der Waals surface area contributed by atoms with E-state index in [1.165, 1.54) is 6.92 Å². The Kier molecular flexibility index (Phi) is 4.57. The minimum absolute atomic E-state index is 0.247. The highest BCUT2D eigenvalue weighted by Crippen LogP contribution is 2.24. The summed E-state index contributed by atoms with van der Waals surface area (Å²) in [7, 11) is 0. The van der Waals surface area contributed by atoms with Crippen LogP contribution in [0.1, 0.15) is 25.8 Å². The molecule has 0 fully saturated rings. The average molecular weight is 235 g/mol. The van der Waals surface area contributed by atoms with Crippen LogP contribution in [0.3, 0.4) is 0 Å². The smallest absolute Gasteiger partial charge is 0.331 e. The zero-order valence-corrected chi connectivity index (χ0v) is 10.1. The first-order valence-electron chi connectivity index (χ1n) is 5.48. The number of hydrogen-bond acceptors (Lipinski definition) is 3. The van der Waals surface area contributed by atoms with Gasteiger partial charge in [-0.1, -0.05) is 6.92 Å². The minimum atomic E-state index is -0.950. The Hall–Kier alpha value is -1.97. The lowest BCUT2D eigenvalue weighted by atomic mass is 10.1. The molecular formula is C13H17NO3. The first-order chi connectivity index (χ1) is 8.04. The maximum Gasteiger partial charge on any atom is 0.331 e. The monoisotopic (exact) mass is 235 g/mol. The summed E-state index contributed by atoms with van der Waals surface area (Å²) in [5.41, 5.74) is 7.20. The third-order valence-electron chi connectivity index (χ3n) is 2.20. The van der Waals surface area contributed by atoms with E-state index in [2.05, 4.69) is 0 Å². The van der Waals surface area contributed by atoms with Crippen LogP contribution >= 0.6 is 0 Å². The Morgan fingerprint density at radius 1 is 1.53 bits per heavy atom. The zero-order valence-electron chi connectivity index (χ0n) is 10.1. The molecule has 0 saturated carbocycles. The fourth-order valence-corrected chi connectivity index (χ4v) is 1.32. The summed E-state index contributed by atoms with van der Waals surface area (Å²) in [6.45, 7) is 4.14. The van der Waals surface area contributed by atoms with E-state index in [0.29, 0.717) is 23.6 Å². The van der Waals surface area contributed by atoms with Crippen LogP contribution < -0.4 is 10.5 Å². The normalized spacial score (nSPS) is 11.3. The number of anilines is 1. The van der Waals surface area contributed by atoms with Crippen LogP contribution in [-0.4, -0.2) is 17.7 Å². The Balaban J connectivity index is 3.06. The van der Waals surface area contributed by atoms with Crippen molar-refractivity contribution in [2.75, 3.05) is 12.3 Å². The fraction of sp³-hybridized carbons (Fsp3) is 0.308. The molecule has 4 heteroatoms. The lowest BCUT2D eigenvalue weighted by Crippen LogP contribution is -2.00. The van der Waals surface area contributed by atoms with Crippen LogP contribution in [0.4, 0.5) is 5.69 Å². The zero-order chi connectivity index (χ0) is 12.8. The summed E-state index contributed by atoms with van der Waals surface area (Å²) in [5, 5.41) is 8.84. The molecule has 0 heterocycles. The van der Waals surface area contributed by atoms with Gasteiger partial charge in [0.1, 0.15) is 5.75 Å². The summed E-state index contributed by atoms with van der Waals surface area (Å²) >= 11 is 0. The molecule has 0 bridgehead atoms. The van der Waals surface area contributed by atoms with Crippen molar-refractivity contribution in [3.05, 3.63) is 29.3 Å². The predicted molar refractivity (Wildman–Crippen MR) is 67.9 cm³/mol. The van der Waals surface area contributed by atoms with E-state index in [1.54, 1.807) is 24.3 Å². The highest BCUT2D eigenvalue weighted by Gasteiger charge is 2.05. The summed E-state index contributed by atoms with van der Waals surface area (Å²) in [6.07, 6.45) is 2.45. The van der Waals surface area contributed by atoms with E-state index < -0.39 is 5.97 Å². The van der Waals surface area contributed by atoms with E-state index in [1.807, 2.05) is 6.92 Å². The molecule has 0 aliphatic rings. The molecular weight excluding hydrogens is 218 g/mol. The number of carboxylic acids is 1. The molecule has 0 spiro atoms. The first kappa shape index (κ1) is 13.1. The van der Waals surface area contributed by atoms with Crippen molar-refractivity contribution < 1.29 is 14.6 Å². The molecule has 1 aromatic rings. The molecule has 4 nitrogen and oxygen atoms in total. The summed E-state index contributed by atoms with van der Waals surface area (Å²) < 4.78 is 5.53. The molecule has 0 aliphatic heterocycles. The summed E-state index contributed by atoms with van der Waals surface area (Å²) in [6, 6.07) is 5.20. The number of hydrogen-bond donors (Lipinski definition) is 2. The van der Waals surface area contributed by atoms with Crippen molar-refractivity contribution >= 4 is 17.7 Å². The number of rotatable bonds is 5. The number of benzene rings is 1. The fourth-order valence-electron chi connectivity index (χ4n) is 1.32. The molecule has 0 amide bonds. The van der Waals surface area contributed by atoms with Crippen molar-refractivity contribution in [2.45, 2.75) is 20.3 Å². The van der Waals surface area contributed by atoms with E-state index >= 15 is 0 Å². The molecule has 0 aliphatic carbocycles. The Morgan fingerprint density at radius 2 is 2.24 bits per heavy atom. The van der Waals surface area contributed by atoms with Gasteiger partial charge in [0.15, 0.2) is 0 Å². The van der Waals surface area contributed by atoms with Gasteiger partial charge < -0.3 is 15.6 Å². The van der Waals surface area contributed by atoms with Crippen LogP contribution in [-0.2, 0) is 4.79 Å². The van der Waals surface area contributed by atoms with Crippen LogP contribution in [0.25, 0.3) is 6.08 Å². The standard InChI is InChI=1S/C13H17NO3/c1-3-6-17-12-5-4-11(14)8-10(12)7-9(2)13(15)16/h4-5,7-8H,3,6,14H2,1-2H3,(H,15,16)/b9-7+. The second-order valence-corrected chi connectivity index (χ2v) is 3.78. The lowest BCUT2D eigenvalue weighted by molar-refractivity contribution is -0.132. The van der Waals surface area contributed by atoms with Gasteiger partial charge in [0.2, 0.25) is 0 Å². The molecule has 0 atom stereocenters. The van der Waals surface area contributed by atoms with Crippen LogP contribution in [0.2, 0.25) is 0 Å². The summed E-state index contributed by atoms with van der Waals surface area (Å²) in [5.74, 6) is -0.296. The summed E-state index contributed by atoms with van der Waals surface area (Å²) in [4.78, 5) is 10.8. The van der Waals surface area contributed by atoms with Crippen molar-refractivity contribution in [3.8, 4) is 5.75 Å². The number of aliphatic carboxylic acids is 1. The molecule has 17 heavy (non-hydrogen) atoms. The maximum absolute atomic E-state index is 10.8. The second kappa shape index (κ2) is 5.94. The van der Waals surface area contributed by atoms with E-state index in [0.717, 1.165) is 6.42 Å². The Bertz CT molecular complexity index is 438. The van der Waals surface area contributed by atoms with Gasteiger partial charge in [0.05, 0.1) is 6.61 Å². The van der Waals surface area contributed by atoms with Gasteiger partial charge in [0.25, 0.3) is 0 Å². The van der Waals surface area contributed by atoms with Gasteiger partial charge in [-0.2, -0.15) is 0 Å². The van der Waals surface area contributed by atoms with Crippen molar-refractivity contribution in [1.29, 1.82) is 0 Å². The molecule has 1 rings (SSSR count). The van der Waals surface area contributed by atoms with E-state index in [-0.39, 0.29) is 5.57 Å². The quantitative estimate of drug-likeness (QED) is 0.607. The van der Waals surface area contributed by atoms with Crippen LogP contribution in [0.5, 0.6) is 5.75 Å². The highest BCUT2D eigenvalue weighted by atomic mass is 16.5. The maximum atomic E-state index is 10.8. The number of ether oxygens (including phenoxy) is 1. The van der Waals surface area contributed by atoms with E-state index in [9.17, 15) is 4.79 Å². The van der Waals surface area contributed by atoms with Crippen molar-refractivity contribution in [2.24, 2.45) is 0 Å². The molecule has 0 radical (unpaired) electrons. The van der Waals surface area contributed by atoms with Gasteiger partial charge in [-0.25, -0.2) is 4.79 Å². The van der Waals surface area contributed by atoms with Gasteiger partial charge in [-0.15, -0.1) is 0 Å². The largest absolute Gasteiger partial charge is 0.493 e. The SMILES string of the molecule is CCCOc1ccc(N)cc1/C=C(\C)C(=O)O. The number of carboxylic acid groups (broad SMARTS) is 1. The van der Waals surface area contributed by atoms with Gasteiger partial charge in [0, 0.05) is 16.8 Å². The molecule has 0 unspecified atom stereocenters. The first-order valence-corrected chi connectivity index (χ1v) is 5.48. The number of nitrogens with two attached hydrogens (primary N) is 1. The Morgan fingerprint density at radius 3 is 2.82 bits per heavy atom. The van der Waals surface area contributed by atoms with Gasteiger partial charge in [-0.3, -0.25) is 0 Å². The molecule has 0 aromatic heterocycles. The second-order valence-electron chi connectivity index (χ2n) is 3.78. The Labute approximate surface area is 101 Å². The predicted octanol–water partition coefficient (Wildman–Crippen LogP) is 2.55. The van der Waals surface area contributed by atoms with Crippen LogP contribution in [0.15, 0.2) is 23.8 Å². The van der Waals surface area contributed by atoms with Gasteiger partial charge >= 0.3 is 5.97 Å². The molecule has 3 N–H and O–H groups in total. The molecule has 1 aromatic carbocycles. The molecule has 0 saturated heterocycles. The van der Waals surface area contributed by atoms with Crippen molar-refractivity contribution in [3.63, 3.8) is 0 Å². The van der Waals surface area contributed by atoms with Crippen LogP contribution in [0, 0.1) is 0 Å². The third-order valence-corrected chi connectivity index (χ3v) is 2.20. The minimum Gasteiger partial charge on any atom is -0.493 e. The topological polar surface area (TPSA) is 72.5 Å². The molecule has 92 valence electrons. The number of carbonyl (C=O) groups is 1. The van der Waals surface area contributed by atoms with Gasteiger partial charge in [-0.05, 0) is 37.6 Å². The average Bonchev–Trinajstić information content (AvgIpc) is 2.28. The van der Waals surface area contributed by atoms with E-state index in [4.69, 9.17) is 15.6 Å². The lowest BCUT2D eigenvalue weighted by Gasteiger charge is -2.09. The highest BCUT2D eigenvalue weighted by molar-refractivity contribution is 5.92. The number of nitrogen functional groups attached to an aromatic ring is 1. The van der Waals surface area contributed by atoms with Crippen molar-refractivity contribution in [1.82, 2.24) is 0 Å². The third kappa shape index (κ3) is 3.83.